The van der Waals surface area contributed by atoms with E-state index >= 15 is 0 Å². The third kappa shape index (κ3) is 6.89. The lowest BCUT2D eigenvalue weighted by molar-refractivity contribution is -0.123. The number of methoxy groups -OCH3 is 2. The van der Waals surface area contributed by atoms with E-state index in [1.54, 1.807) is 19.1 Å². The van der Waals surface area contributed by atoms with Gasteiger partial charge in [-0.15, -0.1) is 11.6 Å². The van der Waals surface area contributed by atoms with Crippen molar-refractivity contribution in [3.8, 4) is 0 Å². The summed E-state index contributed by atoms with van der Waals surface area (Å²) in [5, 5.41) is 2.88. The largest absolute Gasteiger partial charge is 0.381 e. The molecule has 0 aromatic rings. The van der Waals surface area contributed by atoms with Crippen LogP contribution >= 0.6 is 11.6 Å². The number of amidine groups is 1. The number of nitrogens with one attached hydrogen (secondary N) is 1. The van der Waals surface area contributed by atoms with Gasteiger partial charge < -0.3 is 24.4 Å². The number of nitrogens with zero attached hydrogens (tertiary/aromatic N) is 3. The van der Waals surface area contributed by atoms with E-state index in [-0.39, 0.29) is 66.1 Å². The van der Waals surface area contributed by atoms with E-state index in [0.29, 0.717) is 25.1 Å². The summed E-state index contributed by atoms with van der Waals surface area (Å²) in [5.41, 5.74) is 0. The molecule has 0 aromatic heterocycles. The number of hydrogen-bond acceptors (Lipinski definition) is 6. The normalized spacial score (nSPS) is 38.6. The molecule has 5 aliphatic rings. The van der Waals surface area contributed by atoms with Crippen LogP contribution in [0.4, 0.5) is 4.79 Å². The summed E-state index contributed by atoms with van der Waals surface area (Å²) >= 11 is 7.13. The lowest BCUT2D eigenvalue weighted by Gasteiger charge is -2.45. The maximum atomic E-state index is 14.6. The number of carbonyl (C=O) groups is 2. The first-order valence-electron chi connectivity index (χ1n) is 16.1. The molecule has 2 heterocycles. The van der Waals surface area contributed by atoms with Gasteiger partial charge in [-0.25, -0.2) is 4.79 Å². The van der Waals surface area contributed by atoms with Gasteiger partial charge in [0.15, 0.2) is 0 Å². The smallest absolute Gasteiger partial charge is 0.326 e. The van der Waals surface area contributed by atoms with Crippen LogP contribution in [0.2, 0.25) is 0 Å². The second kappa shape index (κ2) is 13.9. The van der Waals surface area contributed by atoms with Crippen LogP contribution in [0.15, 0.2) is 4.99 Å². The molecule has 9 nitrogen and oxygen atoms in total. The van der Waals surface area contributed by atoms with E-state index in [0.717, 1.165) is 76.5 Å². The Kier molecular flexibility index (Phi) is 10.5. The molecule has 3 saturated carbocycles. The topological polar surface area (TPSA) is 92.7 Å². The second-order valence-electron chi connectivity index (χ2n) is 13.1. The Morgan fingerprint density at radius 2 is 1.71 bits per heavy atom. The molecule has 0 radical (unpaired) electrons. The molecule has 1 saturated heterocycles. The first-order chi connectivity index (χ1) is 19.8. The highest BCUT2D eigenvalue weighted by molar-refractivity contribution is 6.21. The first kappa shape index (κ1) is 31.0. The van der Waals surface area contributed by atoms with Gasteiger partial charge in [0.2, 0.25) is 5.91 Å². The number of rotatable bonds is 7. The van der Waals surface area contributed by atoms with Crippen LogP contribution in [-0.4, -0.2) is 103 Å². The number of carbonyl (C=O) groups excluding carboxylic acids is 2. The molecule has 4 fully saturated rings. The molecule has 232 valence electrons. The van der Waals surface area contributed by atoms with E-state index in [1.807, 2.05) is 4.90 Å². The van der Waals surface area contributed by atoms with Crippen molar-refractivity contribution < 1.29 is 23.8 Å². The monoisotopic (exact) mass is 594 g/mol. The van der Waals surface area contributed by atoms with Gasteiger partial charge in [0, 0.05) is 45.0 Å². The number of urea groups is 1. The molecule has 2 aliphatic heterocycles. The SMILES string of the molecule is COC1CCC(C2N=C(C3CCC(OC)CC3OC(C)C)N(C(=O)N3CCNC(=O)C3)C2C2CCCCC2Cl)CC1. The average Bonchev–Trinajstić information content (AvgIpc) is 3.36. The minimum atomic E-state index is -0.109. The number of aliphatic imine (C=N–C) groups is 1. The molecule has 3 amide bonds. The van der Waals surface area contributed by atoms with E-state index in [1.165, 1.54) is 0 Å². The number of piperazine rings is 1. The predicted octanol–water partition coefficient (Wildman–Crippen LogP) is 4.60. The van der Waals surface area contributed by atoms with Crippen molar-refractivity contribution in [2.24, 2.45) is 22.7 Å². The molecule has 7 unspecified atom stereocenters. The van der Waals surface area contributed by atoms with Crippen molar-refractivity contribution in [3.63, 3.8) is 0 Å². The van der Waals surface area contributed by atoms with Gasteiger partial charge >= 0.3 is 6.03 Å². The highest BCUT2D eigenvalue weighted by Gasteiger charge is 2.53. The summed E-state index contributed by atoms with van der Waals surface area (Å²) in [4.78, 5) is 36.3. The Balaban J connectivity index is 1.54. The summed E-state index contributed by atoms with van der Waals surface area (Å²) in [7, 11) is 3.58. The second-order valence-corrected chi connectivity index (χ2v) is 13.7. The average molecular weight is 595 g/mol. The van der Waals surface area contributed by atoms with Gasteiger partial charge in [-0.1, -0.05) is 12.8 Å². The molecule has 10 heteroatoms. The lowest BCUT2D eigenvalue weighted by atomic mass is 9.73. The van der Waals surface area contributed by atoms with Crippen LogP contribution in [0.25, 0.3) is 0 Å². The minimum Gasteiger partial charge on any atom is -0.381 e. The fourth-order valence-corrected chi connectivity index (χ4v) is 8.58. The summed E-state index contributed by atoms with van der Waals surface area (Å²) in [5.74, 6) is 1.28. The van der Waals surface area contributed by atoms with Crippen molar-refractivity contribution >= 4 is 29.4 Å². The first-order valence-corrected chi connectivity index (χ1v) is 16.5. The van der Waals surface area contributed by atoms with E-state index in [9.17, 15) is 9.59 Å². The van der Waals surface area contributed by atoms with Gasteiger partial charge in [0.25, 0.3) is 0 Å². The summed E-state index contributed by atoms with van der Waals surface area (Å²) in [6.45, 7) is 5.19. The van der Waals surface area contributed by atoms with E-state index in [2.05, 4.69) is 19.2 Å². The molecular formula is C31H51ClN4O5. The summed E-state index contributed by atoms with van der Waals surface area (Å²) < 4.78 is 18.0. The van der Waals surface area contributed by atoms with Crippen LogP contribution < -0.4 is 5.32 Å². The van der Waals surface area contributed by atoms with Gasteiger partial charge in [0.05, 0.1) is 36.5 Å². The van der Waals surface area contributed by atoms with Crippen molar-refractivity contribution in [1.29, 1.82) is 0 Å². The Hall–Kier alpha value is -1.42. The van der Waals surface area contributed by atoms with Crippen molar-refractivity contribution in [2.45, 2.75) is 126 Å². The zero-order chi connectivity index (χ0) is 29.1. The molecular weight excluding hydrogens is 544 g/mol. The van der Waals surface area contributed by atoms with Crippen molar-refractivity contribution in [3.05, 3.63) is 0 Å². The minimum absolute atomic E-state index is 0.00503. The maximum absolute atomic E-state index is 14.6. The standard InChI is InChI=1S/C31H51ClN4O5/c1-19(2)41-26-17-22(40-4)13-14-24(26)30-34-28(20-9-11-21(39-3)12-10-20)29(23-7-5-6-8-25(23)32)36(30)31(38)35-16-15-33-27(37)18-35/h19-26,28-29H,5-18H2,1-4H3,(H,33,37). The van der Waals surface area contributed by atoms with Crippen LogP contribution in [-0.2, 0) is 19.0 Å². The Morgan fingerprint density at radius 1 is 1.00 bits per heavy atom. The van der Waals surface area contributed by atoms with Crippen LogP contribution in [0.1, 0.15) is 84.5 Å². The Bertz CT molecular complexity index is 941. The number of halogens is 1. The molecule has 0 bridgehead atoms. The highest BCUT2D eigenvalue weighted by Crippen LogP contribution is 2.45. The number of amides is 3. The van der Waals surface area contributed by atoms with Gasteiger partial charge in [-0.3, -0.25) is 14.7 Å². The van der Waals surface area contributed by atoms with Crippen LogP contribution in [0.5, 0.6) is 0 Å². The number of hydrogen-bond donors (Lipinski definition) is 1. The zero-order valence-electron chi connectivity index (χ0n) is 25.4. The summed E-state index contributed by atoms with van der Waals surface area (Å²) in [6, 6.07) is -0.202. The van der Waals surface area contributed by atoms with Gasteiger partial charge in [-0.05, 0) is 77.0 Å². The number of alkyl halides is 1. The van der Waals surface area contributed by atoms with Crippen molar-refractivity contribution in [1.82, 2.24) is 15.1 Å². The Labute approximate surface area is 251 Å². The number of ether oxygens (including phenoxy) is 3. The molecule has 5 rings (SSSR count). The zero-order valence-corrected chi connectivity index (χ0v) is 26.2. The Morgan fingerprint density at radius 3 is 2.37 bits per heavy atom. The van der Waals surface area contributed by atoms with Gasteiger partial charge in [0.1, 0.15) is 12.4 Å². The highest BCUT2D eigenvalue weighted by atomic mass is 35.5. The van der Waals surface area contributed by atoms with E-state index < -0.39 is 0 Å². The fraction of sp³-hybridized carbons (Fsp3) is 0.903. The van der Waals surface area contributed by atoms with Crippen LogP contribution in [0, 0.1) is 17.8 Å². The molecule has 41 heavy (non-hydrogen) atoms. The van der Waals surface area contributed by atoms with Crippen LogP contribution in [0.3, 0.4) is 0 Å². The van der Waals surface area contributed by atoms with Gasteiger partial charge in [-0.2, -0.15) is 0 Å². The third-order valence-corrected chi connectivity index (χ3v) is 10.8. The lowest BCUT2D eigenvalue weighted by Crippen LogP contribution is -2.61. The summed E-state index contributed by atoms with van der Waals surface area (Å²) in [6.07, 6.45) is 11.2. The predicted molar refractivity (Wildman–Crippen MR) is 159 cm³/mol. The quantitative estimate of drug-likeness (QED) is 0.435. The van der Waals surface area contributed by atoms with E-state index in [4.69, 9.17) is 30.8 Å². The van der Waals surface area contributed by atoms with Crippen molar-refractivity contribution in [2.75, 3.05) is 33.9 Å². The fourth-order valence-electron chi connectivity index (χ4n) is 8.15. The molecule has 1 N–H and O–H groups in total. The third-order valence-electron chi connectivity index (χ3n) is 10.3. The molecule has 3 aliphatic carbocycles. The molecule has 7 atom stereocenters. The molecule has 0 aromatic carbocycles. The maximum Gasteiger partial charge on any atom is 0.326 e. The molecule has 0 spiro atoms.